The summed E-state index contributed by atoms with van der Waals surface area (Å²) in [4.78, 5) is 34.8. The SMILES string of the molecule is Cc1ccc(NC(=O)C(C)OC(=O)c2cccc([N+](=O)[O-])c2C)cc1Cl. The first-order chi connectivity index (χ1) is 12.2. The van der Waals surface area contributed by atoms with Crippen molar-refractivity contribution in [3.63, 3.8) is 0 Å². The molecule has 1 unspecified atom stereocenters. The number of amides is 1. The number of hydrogen-bond acceptors (Lipinski definition) is 5. The van der Waals surface area contributed by atoms with Crippen LogP contribution in [-0.4, -0.2) is 22.9 Å². The number of nitro benzene ring substituents is 1. The van der Waals surface area contributed by atoms with E-state index in [0.29, 0.717) is 10.7 Å². The summed E-state index contributed by atoms with van der Waals surface area (Å²) in [5, 5.41) is 14.1. The summed E-state index contributed by atoms with van der Waals surface area (Å²) < 4.78 is 5.13. The van der Waals surface area contributed by atoms with Crippen LogP contribution in [0.3, 0.4) is 0 Å². The molecule has 2 rings (SSSR count). The standard InChI is InChI=1S/C18H17ClN2O5/c1-10-7-8-13(9-15(10)19)20-17(22)12(3)26-18(23)14-5-4-6-16(11(14)2)21(24)25/h4-9,12H,1-3H3,(H,20,22). The van der Waals surface area contributed by atoms with Crippen molar-refractivity contribution < 1.29 is 19.2 Å². The Bertz CT molecular complexity index is 882. The zero-order chi connectivity index (χ0) is 19.4. The van der Waals surface area contributed by atoms with Gasteiger partial charge in [0.1, 0.15) is 0 Å². The first kappa shape index (κ1) is 19.4. The van der Waals surface area contributed by atoms with Crippen molar-refractivity contribution >= 4 is 34.9 Å². The van der Waals surface area contributed by atoms with Gasteiger partial charge in [0.05, 0.1) is 10.5 Å². The van der Waals surface area contributed by atoms with Gasteiger partial charge in [-0.2, -0.15) is 0 Å². The molecule has 7 nitrogen and oxygen atoms in total. The van der Waals surface area contributed by atoms with Gasteiger partial charge in [-0.15, -0.1) is 0 Å². The molecular formula is C18H17ClN2O5. The highest BCUT2D eigenvalue weighted by atomic mass is 35.5. The Hall–Kier alpha value is -2.93. The highest BCUT2D eigenvalue weighted by Crippen LogP contribution is 2.23. The molecule has 0 aliphatic heterocycles. The number of rotatable bonds is 5. The molecule has 0 heterocycles. The van der Waals surface area contributed by atoms with Crippen LogP contribution in [0.4, 0.5) is 11.4 Å². The Labute approximate surface area is 155 Å². The Balaban J connectivity index is 2.09. The van der Waals surface area contributed by atoms with Gasteiger partial charge < -0.3 is 10.1 Å². The molecule has 2 aromatic carbocycles. The minimum atomic E-state index is -1.10. The van der Waals surface area contributed by atoms with Crippen molar-refractivity contribution in [3.05, 3.63) is 68.2 Å². The molecule has 0 fully saturated rings. The van der Waals surface area contributed by atoms with E-state index >= 15 is 0 Å². The van der Waals surface area contributed by atoms with Gasteiger partial charge in [0.2, 0.25) is 0 Å². The monoisotopic (exact) mass is 376 g/mol. The normalized spacial score (nSPS) is 11.5. The van der Waals surface area contributed by atoms with Crippen LogP contribution in [0.15, 0.2) is 36.4 Å². The van der Waals surface area contributed by atoms with Crippen LogP contribution in [0.25, 0.3) is 0 Å². The van der Waals surface area contributed by atoms with Crippen LogP contribution in [-0.2, 0) is 9.53 Å². The number of benzene rings is 2. The lowest BCUT2D eigenvalue weighted by atomic mass is 10.1. The Kier molecular flexibility index (Phi) is 5.94. The second-order valence-electron chi connectivity index (χ2n) is 5.71. The Morgan fingerprint density at radius 2 is 1.92 bits per heavy atom. The topological polar surface area (TPSA) is 98.5 Å². The molecular weight excluding hydrogens is 360 g/mol. The molecule has 26 heavy (non-hydrogen) atoms. The minimum absolute atomic E-state index is 0.0391. The summed E-state index contributed by atoms with van der Waals surface area (Å²) in [7, 11) is 0. The van der Waals surface area contributed by atoms with Crippen LogP contribution < -0.4 is 5.32 Å². The lowest BCUT2D eigenvalue weighted by Gasteiger charge is -2.14. The maximum absolute atomic E-state index is 12.3. The Morgan fingerprint density at radius 1 is 1.23 bits per heavy atom. The molecule has 0 radical (unpaired) electrons. The predicted molar refractivity (Wildman–Crippen MR) is 97.5 cm³/mol. The van der Waals surface area contributed by atoms with Gasteiger partial charge in [-0.3, -0.25) is 14.9 Å². The minimum Gasteiger partial charge on any atom is -0.449 e. The molecule has 1 amide bonds. The van der Waals surface area contributed by atoms with Crippen LogP contribution in [0, 0.1) is 24.0 Å². The smallest absolute Gasteiger partial charge is 0.339 e. The van der Waals surface area contributed by atoms with Gasteiger partial charge in [-0.25, -0.2) is 4.79 Å². The van der Waals surface area contributed by atoms with E-state index in [-0.39, 0.29) is 16.8 Å². The van der Waals surface area contributed by atoms with Crippen molar-refractivity contribution in [2.75, 3.05) is 5.32 Å². The summed E-state index contributed by atoms with van der Waals surface area (Å²) >= 11 is 6.01. The van der Waals surface area contributed by atoms with Gasteiger partial charge >= 0.3 is 5.97 Å². The van der Waals surface area contributed by atoms with Gasteiger partial charge in [0.15, 0.2) is 6.10 Å². The number of anilines is 1. The van der Waals surface area contributed by atoms with Gasteiger partial charge in [0, 0.05) is 22.3 Å². The fourth-order valence-corrected chi connectivity index (χ4v) is 2.41. The van der Waals surface area contributed by atoms with E-state index in [9.17, 15) is 19.7 Å². The number of carbonyl (C=O) groups is 2. The van der Waals surface area contributed by atoms with Gasteiger partial charge in [-0.1, -0.05) is 23.7 Å². The molecule has 0 bridgehead atoms. The lowest BCUT2D eigenvalue weighted by molar-refractivity contribution is -0.385. The number of ether oxygens (including phenoxy) is 1. The van der Waals surface area contributed by atoms with Crippen molar-refractivity contribution in [1.29, 1.82) is 0 Å². The second kappa shape index (κ2) is 7.97. The number of aryl methyl sites for hydroxylation is 1. The lowest BCUT2D eigenvalue weighted by Crippen LogP contribution is -2.30. The highest BCUT2D eigenvalue weighted by molar-refractivity contribution is 6.31. The molecule has 0 aliphatic rings. The number of nitro groups is 1. The molecule has 8 heteroatoms. The molecule has 0 saturated carbocycles. The number of nitrogens with one attached hydrogen (secondary N) is 1. The van der Waals surface area contributed by atoms with Crippen LogP contribution in [0.2, 0.25) is 5.02 Å². The largest absolute Gasteiger partial charge is 0.449 e. The molecule has 0 aliphatic carbocycles. The maximum atomic E-state index is 12.3. The third kappa shape index (κ3) is 4.37. The van der Waals surface area contributed by atoms with Crippen molar-refractivity contribution in [2.24, 2.45) is 0 Å². The number of hydrogen-bond donors (Lipinski definition) is 1. The number of halogens is 1. The van der Waals surface area contributed by atoms with E-state index in [2.05, 4.69) is 5.32 Å². The fraction of sp³-hybridized carbons (Fsp3) is 0.222. The molecule has 0 spiro atoms. The van der Waals surface area contributed by atoms with Crippen LogP contribution in [0.5, 0.6) is 0 Å². The predicted octanol–water partition coefficient (Wildman–Crippen LogP) is 4.05. The third-order valence-electron chi connectivity index (χ3n) is 3.81. The highest BCUT2D eigenvalue weighted by Gasteiger charge is 2.23. The number of carbonyl (C=O) groups excluding carboxylic acids is 2. The average molecular weight is 377 g/mol. The second-order valence-corrected chi connectivity index (χ2v) is 6.11. The third-order valence-corrected chi connectivity index (χ3v) is 4.22. The van der Waals surface area contributed by atoms with E-state index in [1.165, 1.54) is 32.0 Å². The summed E-state index contributed by atoms with van der Waals surface area (Å²) in [5.74, 6) is -1.35. The molecule has 0 saturated heterocycles. The summed E-state index contributed by atoms with van der Waals surface area (Å²) in [5.41, 5.74) is 1.37. The van der Waals surface area contributed by atoms with Crippen molar-refractivity contribution in [3.8, 4) is 0 Å². The molecule has 1 atom stereocenters. The van der Waals surface area contributed by atoms with Crippen molar-refractivity contribution in [1.82, 2.24) is 0 Å². The van der Waals surface area contributed by atoms with Gasteiger partial charge in [0.25, 0.3) is 11.6 Å². The van der Waals surface area contributed by atoms with Crippen LogP contribution in [0.1, 0.15) is 28.4 Å². The van der Waals surface area contributed by atoms with E-state index < -0.39 is 22.9 Å². The zero-order valence-electron chi connectivity index (χ0n) is 14.4. The summed E-state index contributed by atoms with van der Waals surface area (Å²) in [6.07, 6.45) is -1.10. The molecule has 1 N–H and O–H groups in total. The maximum Gasteiger partial charge on any atom is 0.339 e. The quantitative estimate of drug-likeness (QED) is 0.482. The summed E-state index contributed by atoms with van der Waals surface area (Å²) in [6.45, 7) is 4.70. The van der Waals surface area contributed by atoms with E-state index in [4.69, 9.17) is 16.3 Å². The van der Waals surface area contributed by atoms with Crippen LogP contribution >= 0.6 is 11.6 Å². The van der Waals surface area contributed by atoms with E-state index in [1.54, 1.807) is 18.2 Å². The molecule has 136 valence electrons. The zero-order valence-corrected chi connectivity index (χ0v) is 15.2. The average Bonchev–Trinajstić information content (AvgIpc) is 2.57. The number of nitrogens with zero attached hydrogens (tertiary/aromatic N) is 1. The first-order valence-electron chi connectivity index (χ1n) is 7.72. The van der Waals surface area contributed by atoms with Crippen molar-refractivity contribution in [2.45, 2.75) is 26.9 Å². The first-order valence-corrected chi connectivity index (χ1v) is 8.10. The van der Waals surface area contributed by atoms with Gasteiger partial charge in [-0.05, 0) is 44.5 Å². The summed E-state index contributed by atoms with van der Waals surface area (Å²) in [6, 6.07) is 9.12. The van der Waals surface area contributed by atoms with E-state index in [0.717, 1.165) is 5.56 Å². The fourth-order valence-electron chi connectivity index (χ4n) is 2.23. The van der Waals surface area contributed by atoms with E-state index in [1.807, 2.05) is 6.92 Å². The number of esters is 1. The Morgan fingerprint density at radius 3 is 2.54 bits per heavy atom. The molecule has 2 aromatic rings. The molecule has 0 aromatic heterocycles.